The Kier molecular flexibility index (Phi) is 5.43. The van der Waals surface area contributed by atoms with Crippen LogP contribution in [0.3, 0.4) is 0 Å². The number of alkyl halides is 3. The van der Waals surface area contributed by atoms with Gasteiger partial charge >= 0.3 is 6.18 Å². The molecule has 1 aliphatic heterocycles. The summed E-state index contributed by atoms with van der Waals surface area (Å²) in [7, 11) is 3.27. The highest BCUT2D eigenvalue weighted by Gasteiger charge is 2.34. The van der Waals surface area contributed by atoms with Crippen molar-refractivity contribution in [3.8, 4) is 5.88 Å². The molecule has 1 amide bonds. The second kappa shape index (κ2) is 7.98. The average Bonchev–Trinajstić information content (AvgIpc) is 3.16. The number of imidazole rings is 1. The van der Waals surface area contributed by atoms with Gasteiger partial charge in [-0.15, -0.1) is 0 Å². The van der Waals surface area contributed by atoms with E-state index in [4.69, 9.17) is 0 Å². The summed E-state index contributed by atoms with van der Waals surface area (Å²) in [6.07, 6.45) is -4.18. The molecule has 11 heteroatoms. The van der Waals surface area contributed by atoms with Gasteiger partial charge in [-0.05, 0) is 12.5 Å². The summed E-state index contributed by atoms with van der Waals surface area (Å²) in [4.78, 5) is 33.8. The van der Waals surface area contributed by atoms with Gasteiger partial charge in [0.25, 0.3) is 11.5 Å². The van der Waals surface area contributed by atoms with Crippen LogP contribution < -0.4 is 10.5 Å². The number of halogens is 3. The number of aromatic nitrogens is 3. The zero-order chi connectivity index (χ0) is 24.1. The van der Waals surface area contributed by atoms with Crippen molar-refractivity contribution in [1.82, 2.24) is 18.9 Å². The van der Waals surface area contributed by atoms with Crippen molar-refractivity contribution in [2.75, 3.05) is 25.7 Å². The van der Waals surface area contributed by atoms with E-state index in [9.17, 15) is 27.9 Å². The molecule has 0 radical (unpaired) electrons. The quantitative estimate of drug-likeness (QED) is 0.605. The Bertz CT molecular complexity index is 1330. The lowest BCUT2D eigenvalue weighted by Crippen LogP contribution is -2.43. The molecule has 8 nitrogen and oxygen atoms in total. The molecule has 0 unspecified atom stereocenters. The number of rotatable bonds is 4. The SMILES string of the molecule is C/C(=C/Cc1c(O)n(Cc2ccccc2)c2nc3c(n2c1=O)C(=O)N(C)CN3C)C(F)(F)F. The van der Waals surface area contributed by atoms with Crippen LogP contribution in [-0.4, -0.2) is 56.8 Å². The summed E-state index contributed by atoms with van der Waals surface area (Å²) in [5.41, 5.74) is -1.16. The zero-order valence-corrected chi connectivity index (χ0v) is 18.2. The lowest BCUT2D eigenvalue weighted by atomic mass is 10.1. The van der Waals surface area contributed by atoms with E-state index in [1.165, 1.54) is 9.47 Å². The molecule has 0 saturated carbocycles. The summed E-state index contributed by atoms with van der Waals surface area (Å²) in [6, 6.07) is 9.01. The highest BCUT2D eigenvalue weighted by Crippen LogP contribution is 2.30. The molecule has 0 atom stereocenters. The van der Waals surface area contributed by atoms with Crippen molar-refractivity contribution >= 4 is 17.5 Å². The van der Waals surface area contributed by atoms with E-state index in [1.54, 1.807) is 43.3 Å². The third-order valence-electron chi connectivity index (χ3n) is 5.65. The van der Waals surface area contributed by atoms with Gasteiger partial charge in [0, 0.05) is 26.1 Å². The zero-order valence-electron chi connectivity index (χ0n) is 18.2. The monoisotopic (exact) mass is 461 g/mol. The third kappa shape index (κ3) is 3.83. The van der Waals surface area contributed by atoms with Crippen LogP contribution >= 0.6 is 0 Å². The van der Waals surface area contributed by atoms with E-state index in [0.717, 1.165) is 23.0 Å². The van der Waals surface area contributed by atoms with Crippen molar-refractivity contribution in [3.05, 3.63) is 69.2 Å². The predicted molar refractivity (Wildman–Crippen MR) is 116 cm³/mol. The Morgan fingerprint density at radius 3 is 2.45 bits per heavy atom. The van der Waals surface area contributed by atoms with Crippen molar-refractivity contribution in [2.45, 2.75) is 26.1 Å². The van der Waals surface area contributed by atoms with E-state index in [1.807, 2.05) is 6.07 Å². The van der Waals surface area contributed by atoms with Gasteiger partial charge < -0.3 is 14.9 Å². The Labute approximate surface area is 186 Å². The first kappa shape index (κ1) is 22.4. The number of fused-ring (bicyclic) bond motifs is 3. The van der Waals surface area contributed by atoms with Crippen molar-refractivity contribution in [3.63, 3.8) is 0 Å². The first-order valence-corrected chi connectivity index (χ1v) is 10.1. The number of allylic oxidation sites excluding steroid dienone is 2. The number of aromatic hydroxyl groups is 1. The number of nitrogens with zero attached hydrogens (tertiary/aromatic N) is 5. The second-order valence-electron chi connectivity index (χ2n) is 8.03. The Balaban J connectivity index is 2.00. The molecule has 33 heavy (non-hydrogen) atoms. The molecular weight excluding hydrogens is 439 g/mol. The fraction of sp³-hybridized carbons (Fsp3) is 0.318. The van der Waals surface area contributed by atoms with E-state index in [-0.39, 0.29) is 36.1 Å². The minimum atomic E-state index is -4.56. The van der Waals surface area contributed by atoms with Crippen molar-refractivity contribution in [2.24, 2.45) is 0 Å². The fourth-order valence-corrected chi connectivity index (χ4v) is 3.81. The predicted octanol–water partition coefficient (Wildman–Crippen LogP) is 2.78. The third-order valence-corrected chi connectivity index (χ3v) is 5.65. The van der Waals surface area contributed by atoms with Gasteiger partial charge in [-0.1, -0.05) is 36.4 Å². The Morgan fingerprint density at radius 1 is 1.15 bits per heavy atom. The van der Waals surface area contributed by atoms with Gasteiger partial charge in [0.1, 0.15) is 0 Å². The maximum atomic E-state index is 13.4. The summed E-state index contributed by atoms with van der Waals surface area (Å²) >= 11 is 0. The number of hydrogen-bond donors (Lipinski definition) is 1. The van der Waals surface area contributed by atoms with Crippen LogP contribution in [-0.2, 0) is 13.0 Å². The molecule has 1 aromatic carbocycles. The largest absolute Gasteiger partial charge is 0.494 e. The van der Waals surface area contributed by atoms with Crippen LogP contribution in [0.15, 0.2) is 46.8 Å². The summed E-state index contributed by atoms with van der Waals surface area (Å²) < 4.78 is 41.4. The van der Waals surface area contributed by atoms with E-state index in [0.29, 0.717) is 0 Å². The van der Waals surface area contributed by atoms with Gasteiger partial charge in [0.15, 0.2) is 11.5 Å². The normalized spacial score (nSPS) is 14.8. The molecular formula is C22H22F3N5O3. The van der Waals surface area contributed by atoms with E-state index >= 15 is 0 Å². The summed E-state index contributed by atoms with van der Waals surface area (Å²) in [5.74, 6) is -0.649. The minimum Gasteiger partial charge on any atom is -0.494 e. The fourth-order valence-electron chi connectivity index (χ4n) is 3.81. The molecule has 4 rings (SSSR count). The summed E-state index contributed by atoms with van der Waals surface area (Å²) in [5, 5.41) is 11.0. The average molecular weight is 461 g/mol. The van der Waals surface area contributed by atoms with Crippen LogP contribution in [0.4, 0.5) is 19.0 Å². The minimum absolute atomic E-state index is 0.00540. The molecule has 174 valence electrons. The highest BCUT2D eigenvalue weighted by atomic mass is 19.4. The molecule has 0 saturated heterocycles. The standard InChI is InChI=1S/C22H22F3N5O3/c1-13(22(23,24)25)9-10-15-18(31)29(11-14-7-5-4-6-8-14)21-26-17-16(30(21)19(15)32)20(33)28(3)12-27(17)2/h4-9,31H,10-12H2,1-3H3/b13-9-. The van der Waals surface area contributed by atoms with Crippen LogP contribution in [0.1, 0.15) is 28.5 Å². The number of anilines is 1. The molecule has 0 aliphatic carbocycles. The second-order valence-corrected chi connectivity index (χ2v) is 8.03. The molecule has 2 aromatic heterocycles. The molecule has 3 heterocycles. The Morgan fingerprint density at radius 2 is 1.82 bits per heavy atom. The van der Waals surface area contributed by atoms with E-state index < -0.39 is 35.5 Å². The molecule has 1 aliphatic rings. The van der Waals surface area contributed by atoms with Gasteiger partial charge in [-0.2, -0.15) is 18.2 Å². The maximum Gasteiger partial charge on any atom is 0.412 e. The topological polar surface area (TPSA) is 83.1 Å². The maximum absolute atomic E-state index is 13.4. The molecule has 0 fully saturated rings. The highest BCUT2D eigenvalue weighted by molar-refractivity contribution is 6.00. The van der Waals surface area contributed by atoms with Crippen LogP contribution in [0, 0.1) is 0 Å². The number of hydrogen-bond acceptors (Lipinski definition) is 5. The first-order valence-electron chi connectivity index (χ1n) is 10.1. The molecule has 0 bridgehead atoms. The lowest BCUT2D eigenvalue weighted by molar-refractivity contribution is -0.0915. The lowest BCUT2D eigenvalue weighted by Gasteiger charge is -2.30. The van der Waals surface area contributed by atoms with Crippen molar-refractivity contribution in [1.29, 1.82) is 0 Å². The first-order chi connectivity index (χ1) is 15.5. The number of benzene rings is 1. The van der Waals surface area contributed by atoms with Crippen LogP contribution in [0.25, 0.3) is 5.78 Å². The van der Waals surface area contributed by atoms with E-state index in [2.05, 4.69) is 4.98 Å². The molecule has 0 spiro atoms. The van der Waals surface area contributed by atoms with Gasteiger partial charge in [0.2, 0.25) is 11.7 Å². The Hall–Kier alpha value is -3.76. The molecule has 3 aromatic rings. The van der Waals surface area contributed by atoms with Gasteiger partial charge in [-0.25, -0.2) is 4.40 Å². The van der Waals surface area contributed by atoms with Gasteiger partial charge in [-0.3, -0.25) is 14.2 Å². The molecule has 1 N–H and O–H groups in total. The van der Waals surface area contributed by atoms with Crippen molar-refractivity contribution < 1.29 is 23.1 Å². The van der Waals surface area contributed by atoms with Crippen LogP contribution in [0.2, 0.25) is 0 Å². The van der Waals surface area contributed by atoms with Gasteiger partial charge in [0.05, 0.1) is 18.8 Å². The number of amides is 1. The number of carbonyl (C=O) groups excluding carboxylic acids is 1. The van der Waals surface area contributed by atoms with Crippen LogP contribution in [0.5, 0.6) is 5.88 Å². The number of carbonyl (C=O) groups is 1. The smallest absolute Gasteiger partial charge is 0.412 e. The summed E-state index contributed by atoms with van der Waals surface area (Å²) in [6.45, 7) is 1.23.